The van der Waals surface area contributed by atoms with Crippen molar-refractivity contribution >= 4 is 22.4 Å². The first kappa shape index (κ1) is 11.0. The lowest BCUT2D eigenvalue weighted by Crippen LogP contribution is -2.13. The third kappa shape index (κ3) is 2.99. The van der Waals surface area contributed by atoms with Crippen molar-refractivity contribution in [3.8, 4) is 0 Å². The molecule has 1 aromatic rings. The zero-order valence-electron chi connectivity index (χ0n) is 8.28. The second-order valence-corrected chi connectivity index (χ2v) is 4.20. The van der Waals surface area contributed by atoms with E-state index in [1.54, 1.807) is 0 Å². The number of aromatic carboxylic acids is 1. The van der Waals surface area contributed by atoms with Crippen molar-refractivity contribution in [3.05, 3.63) is 11.1 Å². The Morgan fingerprint density at radius 2 is 2.50 bits per heavy atom. The molecule has 0 aliphatic carbocycles. The van der Waals surface area contributed by atoms with Gasteiger partial charge in [0.2, 0.25) is 0 Å². The monoisotopic (exact) mass is 214 g/mol. The van der Waals surface area contributed by atoms with Gasteiger partial charge < -0.3 is 10.4 Å². The van der Waals surface area contributed by atoms with Gasteiger partial charge in [-0.2, -0.15) is 0 Å². The number of thiazole rings is 1. The Bertz CT molecular complexity index is 312. The van der Waals surface area contributed by atoms with Gasteiger partial charge in [0.1, 0.15) is 4.88 Å². The van der Waals surface area contributed by atoms with Crippen LogP contribution in [0.25, 0.3) is 0 Å². The van der Waals surface area contributed by atoms with Gasteiger partial charge in [0.25, 0.3) is 0 Å². The van der Waals surface area contributed by atoms with E-state index in [0.29, 0.717) is 11.2 Å². The second-order valence-electron chi connectivity index (χ2n) is 3.17. The summed E-state index contributed by atoms with van der Waals surface area (Å²) in [5.74, 6) is -0.918. The summed E-state index contributed by atoms with van der Waals surface area (Å²) in [5, 5.41) is 12.5. The van der Waals surface area contributed by atoms with Gasteiger partial charge in [-0.15, -0.1) is 0 Å². The molecule has 0 radical (unpaired) electrons. The highest BCUT2D eigenvalue weighted by atomic mass is 32.1. The van der Waals surface area contributed by atoms with E-state index < -0.39 is 5.97 Å². The van der Waals surface area contributed by atoms with Crippen LogP contribution >= 0.6 is 11.3 Å². The van der Waals surface area contributed by atoms with E-state index in [1.807, 2.05) is 0 Å². The van der Waals surface area contributed by atoms with E-state index in [2.05, 4.69) is 24.1 Å². The average molecular weight is 214 g/mol. The fraction of sp³-hybridized carbons (Fsp3) is 0.556. The molecule has 0 aliphatic heterocycles. The second kappa shape index (κ2) is 4.95. The standard InChI is InChI=1S/C9H14N2O2S/c1-3-4-6(2)11-9-10-5-7(14-9)8(12)13/h5-6H,3-4H2,1-2H3,(H,10,11)(H,12,13). The number of carboxylic acids is 1. The average Bonchev–Trinajstić information content (AvgIpc) is 2.53. The van der Waals surface area contributed by atoms with Gasteiger partial charge in [-0.05, 0) is 13.3 Å². The molecule has 0 spiro atoms. The number of rotatable bonds is 5. The molecule has 1 aromatic heterocycles. The molecule has 1 atom stereocenters. The zero-order valence-corrected chi connectivity index (χ0v) is 9.10. The number of carbonyl (C=O) groups is 1. The summed E-state index contributed by atoms with van der Waals surface area (Å²) >= 11 is 1.17. The summed E-state index contributed by atoms with van der Waals surface area (Å²) in [4.78, 5) is 14.8. The van der Waals surface area contributed by atoms with Crippen molar-refractivity contribution in [2.24, 2.45) is 0 Å². The lowest BCUT2D eigenvalue weighted by atomic mass is 10.2. The molecule has 0 saturated carbocycles. The van der Waals surface area contributed by atoms with Crippen molar-refractivity contribution in [1.82, 2.24) is 4.98 Å². The molecule has 0 saturated heterocycles. The van der Waals surface area contributed by atoms with E-state index >= 15 is 0 Å². The first-order chi connectivity index (χ1) is 6.63. The Morgan fingerprint density at radius 3 is 3.00 bits per heavy atom. The summed E-state index contributed by atoms with van der Waals surface area (Å²) in [6.45, 7) is 4.17. The minimum atomic E-state index is -0.918. The van der Waals surface area contributed by atoms with Crippen LogP contribution in [0.1, 0.15) is 36.4 Å². The first-order valence-corrected chi connectivity index (χ1v) is 5.40. The minimum Gasteiger partial charge on any atom is -0.477 e. The number of nitrogens with one attached hydrogen (secondary N) is 1. The van der Waals surface area contributed by atoms with Gasteiger partial charge in [-0.3, -0.25) is 0 Å². The van der Waals surface area contributed by atoms with Gasteiger partial charge in [-0.1, -0.05) is 24.7 Å². The molecule has 2 N–H and O–H groups in total. The predicted molar refractivity (Wildman–Crippen MR) is 57.1 cm³/mol. The first-order valence-electron chi connectivity index (χ1n) is 4.59. The molecule has 0 aliphatic rings. The number of nitrogens with zero attached hydrogens (tertiary/aromatic N) is 1. The molecule has 1 unspecified atom stereocenters. The molecular weight excluding hydrogens is 200 g/mol. The van der Waals surface area contributed by atoms with Crippen LogP contribution in [-0.4, -0.2) is 22.1 Å². The van der Waals surface area contributed by atoms with Crippen LogP contribution in [-0.2, 0) is 0 Å². The molecule has 78 valence electrons. The van der Waals surface area contributed by atoms with Crippen molar-refractivity contribution in [1.29, 1.82) is 0 Å². The molecule has 5 heteroatoms. The molecule has 0 aromatic carbocycles. The maximum atomic E-state index is 10.6. The fourth-order valence-electron chi connectivity index (χ4n) is 1.16. The Hall–Kier alpha value is -1.10. The lowest BCUT2D eigenvalue weighted by molar-refractivity contribution is 0.0702. The van der Waals surface area contributed by atoms with E-state index in [-0.39, 0.29) is 4.88 Å². The summed E-state index contributed by atoms with van der Waals surface area (Å²) in [6, 6.07) is 0.341. The SMILES string of the molecule is CCCC(C)Nc1ncc(C(=O)O)s1. The summed E-state index contributed by atoms with van der Waals surface area (Å²) in [7, 11) is 0. The molecule has 1 heterocycles. The van der Waals surface area contributed by atoms with Crippen LogP contribution in [0.3, 0.4) is 0 Å². The van der Waals surface area contributed by atoms with Crippen LogP contribution in [0.5, 0.6) is 0 Å². The smallest absolute Gasteiger partial charge is 0.347 e. The Balaban J connectivity index is 2.55. The number of anilines is 1. The minimum absolute atomic E-state index is 0.274. The number of hydrogen-bond donors (Lipinski definition) is 2. The molecule has 1 rings (SSSR count). The molecule has 0 fully saturated rings. The highest BCUT2D eigenvalue weighted by Gasteiger charge is 2.09. The number of hydrogen-bond acceptors (Lipinski definition) is 4. The van der Waals surface area contributed by atoms with Crippen LogP contribution in [0.4, 0.5) is 5.13 Å². The van der Waals surface area contributed by atoms with E-state index in [9.17, 15) is 4.79 Å². The molecule has 0 amide bonds. The van der Waals surface area contributed by atoms with Crippen LogP contribution in [0.2, 0.25) is 0 Å². The zero-order chi connectivity index (χ0) is 10.6. The molecule has 4 nitrogen and oxygen atoms in total. The van der Waals surface area contributed by atoms with Crippen molar-refractivity contribution in [2.75, 3.05) is 5.32 Å². The van der Waals surface area contributed by atoms with Crippen molar-refractivity contribution in [2.45, 2.75) is 32.7 Å². The number of aromatic nitrogens is 1. The summed E-state index contributed by atoms with van der Waals surface area (Å²) in [5.41, 5.74) is 0. The highest BCUT2D eigenvalue weighted by molar-refractivity contribution is 7.17. The van der Waals surface area contributed by atoms with Gasteiger partial charge >= 0.3 is 5.97 Å². The van der Waals surface area contributed by atoms with Crippen LogP contribution in [0, 0.1) is 0 Å². The summed E-state index contributed by atoms with van der Waals surface area (Å²) < 4.78 is 0. The number of carboxylic acid groups (broad SMARTS) is 1. The van der Waals surface area contributed by atoms with Crippen LogP contribution < -0.4 is 5.32 Å². The topological polar surface area (TPSA) is 62.2 Å². The largest absolute Gasteiger partial charge is 0.477 e. The fourth-order valence-corrected chi connectivity index (χ4v) is 1.92. The molecule has 0 bridgehead atoms. The Kier molecular flexibility index (Phi) is 3.88. The Labute approximate surface area is 87.0 Å². The summed E-state index contributed by atoms with van der Waals surface area (Å²) in [6.07, 6.45) is 3.54. The van der Waals surface area contributed by atoms with Crippen molar-refractivity contribution < 1.29 is 9.90 Å². The molecule has 14 heavy (non-hydrogen) atoms. The highest BCUT2D eigenvalue weighted by Crippen LogP contribution is 2.19. The Morgan fingerprint density at radius 1 is 1.79 bits per heavy atom. The van der Waals surface area contributed by atoms with E-state index in [1.165, 1.54) is 17.5 Å². The third-order valence-corrected chi connectivity index (χ3v) is 2.72. The van der Waals surface area contributed by atoms with Crippen molar-refractivity contribution in [3.63, 3.8) is 0 Å². The molecular formula is C9H14N2O2S. The maximum absolute atomic E-state index is 10.6. The van der Waals surface area contributed by atoms with Crippen LogP contribution in [0.15, 0.2) is 6.20 Å². The van der Waals surface area contributed by atoms with Gasteiger partial charge in [-0.25, -0.2) is 9.78 Å². The van der Waals surface area contributed by atoms with Gasteiger partial charge in [0.05, 0.1) is 6.20 Å². The van der Waals surface area contributed by atoms with Gasteiger partial charge in [0.15, 0.2) is 5.13 Å². The predicted octanol–water partition coefficient (Wildman–Crippen LogP) is 2.44. The third-order valence-electron chi connectivity index (χ3n) is 1.81. The lowest BCUT2D eigenvalue weighted by Gasteiger charge is -2.10. The normalized spacial score (nSPS) is 12.4. The maximum Gasteiger partial charge on any atom is 0.347 e. The van der Waals surface area contributed by atoms with E-state index in [4.69, 9.17) is 5.11 Å². The quantitative estimate of drug-likeness (QED) is 0.790. The van der Waals surface area contributed by atoms with E-state index in [0.717, 1.165) is 12.8 Å². The van der Waals surface area contributed by atoms with Gasteiger partial charge in [0, 0.05) is 6.04 Å².